The maximum absolute atomic E-state index is 13.4. The third kappa shape index (κ3) is 5.93. The number of halogens is 3. The molecule has 182 valence electrons. The molecule has 2 N–H and O–H groups in total. The Hall–Kier alpha value is -2.53. The van der Waals surface area contributed by atoms with E-state index in [1.54, 1.807) is 6.07 Å². The molecule has 2 nitrogen and oxygen atoms in total. The predicted octanol–water partition coefficient (Wildman–Crippen LogP) is 7.56. The molecular formula is C29H35F3N2. The van der Waals surface area contributed by atoms with E-state index in [9.17, 15) is 13.2 Å². The van der Waals surface area contributed by atoms with Crippen LogP contribution in [0.15, 0.2) is 72.8 Å². The highest BCUT2D eigenvalue weighted by atomic mass is 19.4. The van der Waals surface area contributed by atoms with Crippen LogP contribution in [0.2, 0.25) is 0 Å². The van der Waals surface area contributed by atoms with Gasteiger partial charge in [-0.3, -0.25) is 0 Å². The van der Waals surface area contributed by atoms with E-state index in [1.807, 2.05) is 6.07 Å². The van der Waals surface area contributed by atoms with Crippen molar-refractivity contribution in [3.8, 4) is 0 Å². The molecule has 0 amide bonds. The van der Waals surface area contributed by atoms with Crippen LogP contribution >= 0.6 is 0 Å². The quantitative estimate of drug-likeness (QED) is 0.418. The van der Waals surface area contributed by atoms with Gasteiger partial charge in [0, 0.05) is 24.2 Å². The maximum atomic E-state index is 13.4. The van der Waals surface area contributed by atoms with Crippen molar-refractivity contribution in [2.24, 2.45) is 17.8 Å². The summed E-state index contributed by atoms with van der Waals surface area (Å²) >= 11 is 0. The molecule has 0 bridgehead atoms. The number of anilines is 1. The number of alkyl halides is 3. The van der Waals surface area contributed by atoms with Gasteiger partial charge in [-0.1, -0.05) is 68.5 Å². The van der Waals surface area contributed by atoms with Gasteiger partial charge < -0.3 is 10.6 Å². The Labute approximate surface area is 201 Å². The fourth-order valence-electron chi connectivity index (χ4n) is 5.43. The molecule has 1 aliphatic carbocycles. The van der Waals surface area contributed by atoms with Crippen molar-refractivity contribution in [3.63, 3.8) is 0 Å². The van der Waals surface area contributed by atoms with Gasteiger partial charge in [-0.2, -0.15) is 13.2 Å². The van der Waals surface area contributed by atoms with Gasteiger partial charge >= 0.3 is 6.18 Å². The first kappa shape index (κ1) is 24.6. The molecule has 1 aliphatic heterocycles. The van der Waals surface area contributed by atoms with Gasteiger partial charge in [-0.25, -0.2) is 0 Å². The number of rotatable bonds is 8. The molecule has 0 spiro atoms. The Kier molecular flexibility index (Phi) is 7.82. The number of nitrogens with one attached hydrogen (secondary N) is 2. The summed E-state index contributed by atoms with van der Waals surface area (Å²) in [5.74, 6) is 1.17. The number of allylic oxidation sites excluding steroid dienone is 3. The van der Waals surface area contributed by atoms with E-state index in [-0.39, 0.29) is 17.9 Å². The fraction of sp³-hybridized carbons (Fsp3) is 0.448. The average Bonchev–Trinajstić information content (AvgIpc) is 2.84. The molecule has 5 heteroatoms. The molecule has 2 aliphatic rings. The van der Waals surface area contributed by atoms with Crippen molar-refractivity contribution < 1.29 is 13.2 Å². The molecule has 0 fully saturated rings. The topological polar surface area (TPSA) is 24.1 Å². The number of hydrogen-bond acceptors (Lipinski definition) is 2. The van der Waals surface area contributed by atoms with Crippen LogP contribution in [0.25, 0.3) is 0 Å². The Balaban J connectivity index is 1.45. The summed E-state index contributed by atoms with van der Waals surface area (Å²) in [4.78, 5) is 0. The first-order valence-corrected chi connectivity index (χ1v) is 12.4. The van der Waals surface area contributed by atoms with Gasteiger partial charge in [0.05, 0.1) is 5.56 Å². The van der Waals surface area contributed by atoms with Crippen LogP contribution in [0.5, 0.6) is 0 Å². The van der Waals surface area contributed by atoms with E-state index >= 15 is 0 Å². The van der Waals surface area contributed by atoms with Gasteiger partial charge in [-0.15, -0.1) is 0 Å². The number of fused-ring (bicyclic) bond motifs is 1. The third-order valence-corrected chi connectivity index (χ3v) is 7.43. The SMILES string of the molecule is C[C@H](CC[C@@H]1[C@H](C)c2cc(C(F)(F)F)ccc2N[C@H]1C1C=CC=CC1)CNCc1ccccc1. The average molecular weight is 469 g/mol. The molecule has 0 saturated carbocycles. The van der Waals surface area contributed by atoms with E-state index in [0.717, 1.165) is 43.6 Å². The van der Waals surface area contributed by atoms with Crippen molar-refractivity contribution in [3.05, 3.63) is 89.5 Å². The molecule has 1 unspecified atom stereocenters. The Bertz CT molecular complexity index is 996. The van der Waals surface area contributed by atoms with Crippen molar-refractivity contribution in [2.45, 2.75) is 57.8 Å². The van der Waals surface area contributed by atoms with Crippen LogP contribution in [0.1, 0.15) is 55.7 Å². The summed E-state index contributed by atoms with van der Waals surface area (Å²) in [6, 6.07) is 14.8. The van der Waals surface area contributed by atoms with E-state index in [2.05, 4.69) is 73.1 Å². The van der Waals surface area contributed by atoms with Gasteiger partial charge in [0.1, 0.15) is 0 Å². The number of hydrogen-bond donors (Lipinski definition) is 2. The van der Waals surface area contributed by atoms with Crippen LogP contribution in [0.4, 0.5) is 18.9 Å². The maximum Gasteiger partial charge on any atom is 0.416 e. The molecule has 0 radical (unpaired) electrons. The first-order chi connectivity index (χ1) is 16.3. The lowest BCUT2D eigenvalue weighted by atomic mass is 9.70. The first-order valence-electron chi connectivity index (χ1n) is 12.4. The second-order valence-corrected chi connectivity index (χ2v) is 9.93. The van der Waals surface area contributed by atoms with Crippen LogP contribution < -0.4 is 10.6 Å². The van der Waals surface area contributed by atoms with Gasteiger partial charge in [0.15, 0.2) is 0 Å². The molecule has 1 heterocycles. The minimum absolute atomic E-state index is 0.0623. The van der Waals surface area contributed by atoms with Crippen molar-refractivity contribution in [1.82, 2.24) is 5.32 Å². The van der Waals surface area contributed by atoms with Crippen molar-refractivity contribution >= 4 is 5.69 Å². The van der Waals surface area contributed by atoms with Crippen LogP contribution in [-0.4, -0.2) is 12.6 Å². The fourth-order valence-corrected chi connectivity index (χ4v) is 5.43. The smallest absolute Gasteiger partial charge is 0.381 e. The zero-order valence-corrected chi connectivity index (χ0v) is 20.0. The molecule has 5 atom stereocenters. The van der Waals surface area contributed by atoms with Crippen molar-refractivity contribution in [2.75, 3.05) is 11.9 Å². The summed E-state index contributed by atoms with van der Waals surface area (Å²) in [7, 11) is 0. The van der Waals surface area contributed by atoms with E-state index < -0.39 is 11.7 Å². The second-order valence-electron chi connectivity index (χ2n) is 9.93. The highest BCUT2D eigenvalue weighted by molar-refractivity contribution is 5.58. The van der Waals surface area contributed by atoms with Crippen LogP contribution in [0.3, 0.4) is 0 Å². The number of benzene rings is 2. The minimum Gasteiger partial charge on any atom is -0.381 e. The van der Waals surface area contributed by atoms with Crippen molar-refractivity contribution in [1.29, 1.82) is 0 Å². The second kappa shape index (κ2) is 10.8. The zero-order valence-electron chi connectivity index (χ0n) is 20.0. The zero-order chi connectivity index (χ0) is 24.1. The van der Waals surface area contributed by atoms with Crippen LogP contribution in [0, 0.1) is 17.8 Å². The monoisotopic (exact) mass is 468 g/mol. The highest BCUT2D eigenvalue weighted by Crippen LogP contribution is 2.45. The molecule has 4 rings (SSSR count). The van der Waals surface area contributed by atoms with E-state index in [0.29, 0.717) is 11.8 Å². The lowest BCUT2D eigenvalue weighted by Crippen LogP contribution is -2.42. The molecular weight excluding hydrogens is 433 g/mol. The van der Waals surface area contributed by atoms with Gasteiger partial charge in [0.25, 0.3) is 0 Å². The molecule has 34 heavy (non-hydrogen) atoms. The summed E-state index contributed by atoms with van der Waals surface area (Å²) in [5, 5.41) is 7.20. The molecule has 0 aromatic heterocycles. The summed E-state index contributed by atoms with van der Waals surface area (Å²) in [6.45, 7) is 6.14. The summed E-state index contributed by atoms with van der Waals surface area (Å²) in [5.41, 5.74) is 2.36. The lowest BCUT2D eigenvalue weighted by molar-refractivity contribution is -0.137. The summed E-state index contributed by atoms with van der Waals surface area (Å²) < 4.78 is 40.2. The van der Waals surface area contributed by atoms with Gasteiger partial charge in [0.2, 0.25) is 0 Å². The van der Waals surface area contributed by atoms with Gasteiger partial charge in [-0.05, 0) is 72.9 Å². The third-order valence-electron chi connectivity index (χ3n) is 7.43. The minimum atomic E-state index is -4.32. The summed E-state index contributed by atoms with van der Waals surface area (Å²) in [6.07, 6.45) is 7.26. The van der Waals surface area contributed by atoms with E-state index in [4.69, 9.17) is 0 Å². The predicted molar refractivity (Wildman–Crippen MR) is 134 cm³/mol. The molecule has 2 aromatic carbocycles. The normalized spacial score (nSPS) is 25.0. The molecule has 0 saturated heterocycles. The lowest BCUT2D eigenvalue weighted by Gasteiger charge is -2.43. The highest BCUT2D eigenvalue weighted by Gasteiger charge is 2.39. The van der Waals surface area contributed by atoms with E-state index in [1.165, 1.54) is 17.7 Å². The Morgan fingerprint density at radius 2 is 1.88 bits per heavy atom. The Morgan fingerprint density at radius 3 is 2.59 bits per heavy atom. The largest absolute Gasteiger partial charge is 0.416 e. The molecule has 2 aromatic rings. The standard InChI is InChI=1S/C29H35F3N2/c1-20(18-33-19-22-9-5-3-6-10-22)13-15-25-21(2)26-17-24(29(30,31)32)14-16-27(26)34-28(25)23-11-7-4-8-12-23/h3-11,14,16-17,20-21,23,25,28,33-34H,12-13,15,18-19H2,1-2H3/t20-,21+,23?,25-,28+/m1/s1. The Morgan fingerprint density at radius 1 is 1.09 bits per heavy atom. The van der Waals surface area contributed by atoms with Crippen LogP contribution in [-0.2, 0) is 12.7 Å².